The summed E-state index contributed by atoms with van der Waals surface area (Å²) in [5, 5.41) is 5.93. The van der Waals surface area contributed by atoms with Crippen LogP contribution < -0.4 is 10.2 Å². The van der Waals surface area contributed by atoms with E-state index in [4.69, 9.17) is 0 Å². The van der Waals surface area contributed by atoms with Crippen molar-refractivity contribution < 1.29 is 8.42 Å². The van der Waals surface area contributed by atoms with Gasteiger partial charge in [-0.25, -0.2) is 4.98 Å². The molecule has 1 aliphatic rings. The van der Waals surface area contributed by atoms with E-state index < -0.39 is 10.2 Å². The molecule has 1 aliphatic heterocycles. The molecule has 9 heteroatoms. The highest BCUT2D eigenvalue weighted by atomic mass is 32.2. The van der Waals surface area contributed by atoms with Crippen molar-refractivity contribution >= 4 is 26.7 Å². The molecule has 0 unspecified atom stereocenters. The average molecular weight is 333 g/mol. The fourth-order valence-corrected chi connectivity index (χ4v) is 4.35. The molecule has 0 aliphatic carbocycles. The largest absolute Gasteiger partial charge is 0.345 e. The number of nitrogens with one attached hydrogen (secondary N) is 1. The lowest BCUT2D eigenvalue weighted by molar-refractivity contribution is 0.341. The number of piperazine rings is 1. The Labute approximate surface area is 130 Å². The monoisotopic (exact) mass is 333 g/mol. The zero-order chi connectivity index (χ0) is 15.3. The van der Waals surface area contributed by atoms with E-state index in [9.17, 15) is 8.42 Å². The molecule has 0 atom stereocenters. The van der Waals surface area contributed by atoms with Crippen molar-refractivity contribution in [3.63, 3.8) is 0 Å². The van der Waals surface area contributed by atoms with Gasteiger partial charge in [-0.05, 0) is 20.0 Å². The second kappa shape index (κ2) is 7.50. The Morgan fingerprint density at radius 1 is 1.38 bits per heavy atom. The summed E-state index contributed by atoms with van der Waals surface area (Å²) in [6.07, 6.45) is 2.59. The minimum Gasteiger partial charge on any atom is -0.345 e. The van der Waals surface area contributed by atoms with Crippen molar-refractivity contribution in [2.75, 3.05) is 58.3 Å². The van der Waals surface area contributed by atoms with Gasteiger partial charge in [-0.3, -0.25) is 0 Å². The second-order valence-corrected chi connectivity index (χ2v) is 7.90. The number of nitrogens with zero attached hydrogens (tertiary/aromatic N) is 4. The summed E-state index contributed by atoms with van der Waals surface area (Å²) >= 11 is 1.59. The fourth-order valence-electron chi connectivity index (χ4n) is 2.27. The third-order valence-corrected chi connectivity index (χ3v) is 6.37. The standard InChI is InChI=1S/C12H23N5O2S2/c1-13-4-3-6-15(2)21(18,19)17-9-7-16(8-10-17)12-14-5-11-20-12/h5,11,13H,3-4,6-10H2,1-2H3. The van der Waals surface area contributed by atoms with E-state index >= 15 is 0 Å². The maximum absolute atomic E-state index is 12.5. The van der Waals surface area contributed by atoms with Crippen molar-refractivity contribution in [1.82, 2.24) is 18.9 Å². The second-order valence-electron chi connectivity index (χ2n) is 4.99. The van der Waals surface area contributed by atoms with Gasteiger partial charge in [-0.15, -0.1) is 11.3 Å². The SMILES string of the molecule is CNCCCN(C)S(=O)(=O)N1CCN(c2nccs2)CC1. The summed E-state index contributed by atoms with van der Waals surface area (Å²) in [4.78, 5) is 6.41. The number of thiazole rings is 1. The Kier molecular flexibility index (Phi) is 5.94. The molecular weight excluding hydrogens is 310 g/mol. The summed E-state index contributed by atoms with van der Waals surface area (Å²) in [6.45, 7) is 3.76. The first-order valence-corrected chi connectivity index (χ1v) is 9.34. The lowest BCUT2D eigenvalue weighted by atomic mass is 10.4. The molecule has 0 aromatic carbocycles. The molecular formula is C12H23N5O2S2. The van der Waals surface area contributed by atoms with Crippen LogP contribution in [0.4, 0.5) is 5.13 Å². The summed E-state index contributed by atoms with van der Waals surface area (Å²) in [7, 11) is 0.179. The van der Waals surface area contributed by atoms with Gasteiger partial charge in [-0.2, -0.15) is 17.0 Å². The Hall–Kier alpha value is -0.740. The van der Waals surface area contributed by atoms with Gasteiger partial charge in [0, 0.05) is 51.3 Å². The van der Waals surface area contributed by atoms with E-state index in [0.29, 0.717) is 32.7 Å². The average Bonchev–Trinajstić information content (AvgIpc) is 3.01. The van der Waals surface area contributed by atoms with Gasteiger partial charge in [0.2, 0.25) is 0 Å². The number of rotatable bonds is 7. The molecule has 1 saturated heterocycles. The van der Waals surface area contributed by atoms with Crippen molar-refractivity contribution in [2.45, 2.75) is 6.42 Å². The molecule has 1 fully saturated rings. The van der Waals surface area contributed by atoms with Gasteiger partial charge in [0.15, 0.2) is 5.13 Å². The number of aromatic nitrogens is 1. The van der Waals surface area contributed by atoms with E-state index in [1.807, 2.05) is 12.4 Å². The number of hydrogen-bond acceptors (Lipinski definition) is 6. The van der Waals surface area contributed by atoms with Crippen LogP contribution >= 0.6 is 11.3 Å². The number of hydrogen-bond donors (Lipinski definition) is 1. The molecule has 0 bridgehead atoms. The lowest BCUT2D eigenvalue weighted by Gasteiger charge is -2.35. The summed E-state index contributed by atoms with van der Waals surface area (Å²) in [5.74, 6) is 0. The van der Waals surface area contributed by atoms with Crippen LogP contribution in [0.2, 0.25) is 0 Å². The zero-order valence-electron chi connectivity index (χ0n) is 12.5. The highest BCUT2D eigenvalue weighted by Crippen LogP contribution is 2.20. The molecule has 2 heterocycles. The fraction of sp³-hybridized carbons (Fsp3) is 0.750. The molecule has 0 spiro atoms. The van der Waals surface area contributed by atoms with Crippen molar-refractivity contribution in [2.24, 2.45) is 0 Å². The van der Waals surface area contributed by atoms with Crippen LogP contribution in [0.3, 0.4) is 0 Å². The van der Waals surface area contributed by atoms with Gasteiger partial charge < -0.3 is 10.2 Å². The molecule has 0 radical (unpaired) electrons. The molecule has 0 saturated carbocycles. The van der Waals surface area contributed by atoms with Crippen LogP contribution in [-0.2, 0) is 10.2 Å². The topological polar surface area (TPSA) is 68.8 Å². The van der Waals surface area contributed by atoms with Gasteiger partial charge in [0.25, 0.3) is 10.2 Å². The predicted octanol–water partition coefficient (Wildman–Crippen LogP) is 0.0512. The Bertz CT molecular complexity index is 512. The maximum Gasteiger partial charge on any atom is 0.281 e. The molecule has 1 aromatic heterocycles. The van der Waals surface area contributed by atoms with Gasteiger partial charge in [0.1, 0.15) is 0 Å². The minimum absolute atomic E-state index is 0.512. The predicted molar refractivity (Wildman–Crippen MR) is 86.0 cm³/mol. The lowest BCUT2D eigenvalue weighted by Crippen LogP contribution is -2.52. The molecule has 1 aromatic rings. The van der Waals surface area contributed by atoms with Gasteiger partial charge in [0.05, 0.1) is 0 Å². The van der Waals surface area contributed by atoms with Gasteiger partial charge >= 0.3 is 0 Å². The minimum atomic E-state index is -3.34. The van der Waals surface area contributed by atoms with Gasteiger partial charge in [-0.1, -0.05) is 0 Å². The Morgan fingerprint density at radius 3 is 2.67 bits per heavy atom. The van der Waals surface area contributed by atoms with Crippen LogP contribution in [-0.4, -0.2) is 75.4 Å². The first-order chi connectivity index (χ1) is 10.1. The summed E-state index contributed by atoms with van der Waals surface area (Å²) in [5.41, 5.74) is 0. The molecule has 7 nitrogen and oxygen atoms in total. The molecule has 0 amide bonds. The normalized spacial score (nSPS) is 17.6. The number of anilines is 1. The highest BCUT2D eigenvalue weighted by molar-refractivity contribution is 7.86. The van der Waals surface area contributed by atoms with Crippen LogP contribution in [0, 0.1) is 0 Å². The summed E-state index contributed by atoms with van der Waals surface area (Å²) in [6, 6.07) is 0. The molecule has 21 heavy (non-hydrogen) atoms. The third-order valence-electron chi connectivity index (χ3n) is 3.55. The van der Waals surface area contributed by atoms with Crippen LogP contribution in [0.15, 0.2) is 11.6 Å². The Morgan fingerprint density at radius 2 is 2.10 bits per heavy atom. The quantitative estimate of drug-likeness (QED) is 0.714. The van der Waals surface area contributed by atoms with E-state index in [-0.39, 0.29) is 0 Å². The van der Waals surface area contributed by atoms with E-state index in [0.717, 1.165) is 18.1 Å². The molecule has 2 rings (SSSR count). The Balaban J connectivity index is 1.88. The van der Waals surface area contributed by atoms with E-state index in [1.54, 1.807) is 28.9 Å². The van der Waals surface area contributed by atoms with E-state index in [1.165, 1.54) is 4.31 Å². The first-order valence-electron chi connectivity index (χ1n) is 7.06. The van der Waals surface area contributed by atoms with Crippen LogP contribution in [0.25, 0.3) is 0 Å². The smallest absolute Gasteiger partial charge is 0.281 e. The maximum atomic E-state index is 12.5. The highest BCUT2D eigenvalue weighted by Gasteiger charge is 2.30. The summed E-state index contributed by atoms with van der Waals surface area (Å²) < 4.78 is 28.0. The van der Waals surface area contributed by atoms with E-state index in [2.05, 4.69) is 15.2 Å². The van der Waals surface area contributed by atoms with Crippen LogP contribution in [0.5, 0.6) is 0 Å². The molecule has 1 N–H and O–H groups in total. The van der Waals surface area contributed by atoms with Crippen LogP contribution in [0.1, 0.15) is 6.42 Å². The van der Waals surface area contributed by atoms with Crippen molar-refractivity contribution in [3.05, 3.63) is 11.6 Å². The van der Waals surface area contributed by atoms with Crippen molar-refractivity contribution in [1.29, 1.82) is 0 Å². The first kappa shape index (κ1) is 16.6. The van der Waals surface area contributed by atoms with Crippen molar-refractivity contribution in [3.8, 4) is 0 Å². The molecule has 120 valence electrons. The third kappa shape index (κ3) is 4.13. The zero-order valence-corrected chi connectivity index (χ0v) is 14.2.